The molecule has 8 nitrogen and oxygen atoms in total. The van der Waals surface area contributed by atoms with Crippen molar-refractivity contribution >= 4 is 23.8 Å². The Bertz CT molecular complexity index is 1270. The number of halogens is 6. The number of hydrogen-bond acceptors (Lipinski definition) is 6. The Kier molecular flexibility index (Phi) is 7.09. The second-order valence-corrected chi connectivity index (χ2v) is 8.35. The minimum atomic E-state index is -4.72. The molecule has 1 atom stereocenters. The summed E-state index contributed by atoms with van der Waals surface area (Å²) in [5.41, 5.74) is 3.76. The van der Waals surface area contributed by atoms with Gasteiger partial charge >= 0.3 is 12.2 Å². The second kappa shape index (κ2) is 10.1. The minimum Gasteiger partial charge on any atom is -0.483 e. The van der Waals surface area contributed by atoms with Crippen LogP contribution in [0.5, 0.6) is 5.75 Å². The molecule has 0 bridgehead atoms. The van der Waals surface area contributed by atoms with Crippen molar-refractivity contribution in [2.24, 2.45) is 15.8 Å². The van der Waals surface area contributed by atoms with Gasteiger partial charge in [-0.25, -0.2) is 33.0 Å². The van der Waals surface area contributed by atoms with Gasteiger partial charge in [0.1, 0.15) is 23.4 Å². The van der Waals surface area contributed by atoms with E-state index in [0.29, 0.717) is 6.08 Å². The molecule has 37 heavy (non-hydrogen) atoms. The summed E-state index contributed by atoms with van der Waals surface area (Å²) >= 11 is 0. The number of aromatic nitrogens is 1. The topological polar surface area (TPSA) is 96.4 Å². The number of urea groups is 1. The number of ether oxygens (including phenoxy) is 1. The molecule has 2 amide bonds. The Labute approximate surface area is 206 Å². The van der Waals surface area contributed by atoms with Crippen LogP contribution in [0, 0.1) is 17.5 Å². The highest BCUT2D eigenvalue weighted by Crippen LogP contribution is 2.32. The van der Waals surface area contributed by atoms with Gasteiger partial charge in [-0.2, -0.15) is 18.3 Å². The summed E-state index contributed by atoms with van der Waals surface area (Å²) in [5.74, 6) is -2.73. The van der Waals surface area contributed by atoms with Crippen molar-refractivity contribution in [3.8, 4) is 5.75 Å². The summed E-state index contributed by atoms with van der Waals surface area (Å²) in [4.78, 5) is 21.8. The number of alkyl halides is 3. The third kappa shape index (κ3) is 6.01. The van der Waals surface area contributed by atoms with Gasteiger partial charge in [0.2, 0.25) is 0 Å². The molecule has 0 radical (unpaired) electrons. The number of amides is 2. The first kappa shape index (κ1) is 26.0. The zero-order chi connectivity index (χ0) is 26.9. The minimum absolute atomic E-state index is 0.0688. The molecule has 1 saturated heterocycles. The fourth-order valence-corrected chi connectivity index (χ4v) is 3.72. The smallest absolute Gasteiger partial charge is 0.430 e. The van der Waals surface area contributed by atoms with E-state index in [0.717, 1.165) is 35.5 Å². The zero-order valence-corrected chi connectivity index (χ0v) is 19.2. The number of carbonyl (C=O) groups excluding carboxylic acids is 1. The van der Waals surface area contributed by atoms with Gasteiger partial charge in [-0.3, -0.25) is 0 Å². The van der Waals surface area contributed by atoms with E-state index in [4.69, 9.17) is 10.5 Å². The summed E-state index contributed by atoms with van der Waals surface area (Å²) in [6.07, 6.45) is -2.15. The standard InChI is InChI=1S/C23H20F6N6O2/c1-12(4-20(30)23(27,28)29)33-21-8-19(17(26)9-31-21)37-16-10-34(11-16)22(36)35-18(2-3-32-35)13-5-14(24)7-15(25)6-13/h3-9,16,18H,2,10-11,30H2,1H3/t18-/m0/s1. The first-order valence-electron chi connectivity index (χ1n) is 10.9. The lowest BCUT2D eigenvalue weighted by Crippen LogP contribution is -2.58. The first-order valence-corrected chi connectivity index (χ1v) is 10.9. The van der Waals surface area contributed by atoms with E-state index in [2.05, 4.69) is 15.1 Å². The van der Waals surface area contributed by atoms with Gasteiger partial charge in [0.05, 0.1) is 25.3 Å². The Hall–Kier alpha value is -4.10. The summed E-state index contributed by atoms with van der Waals surface area (Å²) in [6.45, 7) is 1.41. The highest BCUT2D eigenvalue weighted by atomic mass is 19.4. The molecule has 3 heterocycles. The normalized spacial score (nSPS) is 18.8. The Balaban J connectivity index is 1.39. The Morgan fingerprint density at radius 3 is 2.49 bits per heavy atom. The van der Waals surface area contributed by atoms with Crippen LogP contribution in [-0.2, 0) is 0 Å². The lowest BCUT2D eigenvalue weighted by Gasteiger charge is -2.41. The Morgan fingerprint density at radius 1 is 1.16 bits per heavy atom. The third-order valence-electron chi connectivity index (χ3n) is 5.50. The molecule has 0 saturated carbocycles. The highest BCUT2D eigenvalue weighted by Gasteiger charge is 2.39. The number of aliphatic imine (C=N–C) groups is 1. The lowest BCUT2D eigenvalue weighted by atomic mass is 10.0. The molecule has 4 rings (SSSR count). The summed E-state index contributed by atoms with van der Waals surface area (Å²) in [6, 6.07) is 2.90. The van der Waals surface area contributed by atoms with Crippen molar-refractivity contribution in [2.45, 2.75) is 31.7 Å². The fraction of sp³-hybridized carbons (Fsp3) is 0.304. The van der Waals surface area contributed by atoms with Crippen LogP contribution in [0.25, 0.3) is 0 Å². The van der Waals surface area contributed by atoms with Crippen molar-refractivity contribution in [3.05, 3.63) is 65.3 Å². The van der Waals surface area contributed by atoms with Crippen LogP contribution in [0.3, 0.4) is 0 Å². The van der Waals surface area contributed by atoms with E-state index >= 15 is 0 Å². The van der Waals surface area contributed by atoms with Crippen molar-refractivity contribution in [1.82, 2.24) is 14.9 Å². The van der Waals surface area contributed by atoms with Crippen LogP contribution in [0.2, 0.25) is 0 Å². The van der Waals surface area contributed by atoms with Gasteiger partial charge in [-0.15, -0.1) is 0 Å². The quantitative estimate of drug-likeness (QED) is 0.455. The average Bonchev–Trinajstić information content (AvgIpc) is 3.26. The van der Waals surface area contributed by atoms with Gasteiger partial charge in [-0.05, 0) is 30.7 Å². The number of rotatable bonds is 5. The Morgan fingerprint density at radius 2 is 1.84 bits per heavy atom. The molecule has 1 aromatic heterocycles. The van der Waals surface area contributed by atoms with E-state index in [9.17, 15) is 31.1 Å². The predicted molar refractivity (Wildman–Crippen MR) is 121 cm³/mol. The van der Waals surface area contributed by atoms with Gasteiger partial charge in [0, 0.05) is 30.5 Å². The zero-order valence-electron chi connectivity index (χ0n) is 19.2. The van der Waals surface area contributed by atoms with Crippen LogP contribution in [0.1, 0.15) is 24.9 Å². The molecule has 2 N–H and O–H groups in total. The molecular formula is C23H20F6N6O2. The van der Waals surface area contributed by atoms with Crippen molar-refractivity contribution in [3.63, 3.8) is 0 Å². The maximum absolute atomic E-state index is 14.2. The molecule has 0 unspecified atom stereocenters. The fourth-order valence-electron chi connectivity index (χ4n) is 3.72. The monoisotopic (exact) mass is 526 g/mol. The highest BCUT2D eigenvalue weighted by molar-refractivity contribution is 5.95. The first-order chi connectivity index (χ1) is 17.4. The largest absolute Gasteiger partial charge is 0.483 e. The van der Waals surface area contributed by atoms with Crippen LogP contribution in [0.15, 0.2) is 52.3 Å². The number of nitrogens with zero attached hydrogens (tertiary/aromatic N) is 5. The molecule has 1 aromatic carbocycles. The number of allylic oxidation sites excluding steroid dienone is 2. The molecule has 0 aliphatic carbocycles. The van der Waals surface area contributed by atoms with Crippen LogP contribution < -0.4 is 10.5 Å². The number of pyridine rings is 1. The molecule has 2 aliphatic heterocycles. The molecule has 14 heteroatoms. The number of nitrogens with two attached hydrogens (primary N) is 1. The SMILES string of the molecule is CC(C=C(N)C(F)(F)F)=Nc1cc(OC2CN(C(=O)N3N=CC[C@H]3c3cc(F)cc(F)c3)C2)c(F)cn1. The molecule has 0 spiro atoms. The van der Waals surface area contributed by atoms with E-state index < -0.39 is 47.5 Å². The third-order valence-corrected chi connectivity index (χ3v) is 5.50. The summed E-state index contributed by atoms with van der Waals surface area (Å²) in [5, 5.41) is 5.14. The van der Waals surface area contributed by atoms with E-state index in [1.807, 2.05) is 0 Å². The second-order valence-electron chi connectivity index (χ2n) is 8.35. The number of carbonyl (C=O) groups is 1. The predicted octanol–water partition coefficient (Wildman–Crippen LogP) is 4.61. The van der Waals surface area contributed by atoms with Gasteiger partial charge in [0.15, 0.2) is 17.4 Å². The van der Waals surface area contributed by atoms with Crippen molar-refractivity contribution < 1.29 is 35.9 Å². The molecule has 2 aliphatic rings. The average molecular weight is 526 g/mol. The van der Waals surface area contributed by atoms with Gasteiger partial charge < -0.3 is 15.4 Å². The van der Waals surface area contributed by atoms with E-state index in [-0.39, 0.29) is 42.4 Å². The number of hydrazone groups is 1. The number of likely N-dealkylation sites (tertiary alicyclic amines) is 1. The molecular weight excluding hydrogens is 506 g/mol. The summed E-state index contributed by atoms with van der Waals surface area (Å²) < 4.78 is 84.8. The number of hydrogen-bond donors (Lipinski definition) is 1. The number of benzene rings is 1. The lowest BCUT2D eigenvalue weighted by molar-refractivity contribution is -0.0925. The van der Waals surface area contributed by atoms with Crippen LogP contribution in [-0.4, -0.2) is 58.2 Å². The molecule has 196 valence electrons. The maximum Gasteiger partial charge on any atom is 0.430 e. The van der Waals surface area contributed by atoms with E-state index in [1.165, 1.54) is 18.0 Å². The molecule has 2 aromatic rings. The van der Waals surface area contributed by atoms with Crippen molar-refractivity contribution in [1.29, 1.82) is 0 Å². The van der Waals surface area contributed by atoms with E-state index in [1.54, 1.807) is 0 Å². The van der Waals surface area contributed by atoms with Crippen LogP contribution >= 0.6 is 0 Å². The van der Waals surface area contributed by atoms with Crippen molar-refractivity contribution in [2.75, 3.05) is 13.1 Å². The van der Waals surface area contributed by atoms with Gasteiger partial charge in [-0.1, -0.05) is 0 Å². The maximum atomic E-state index is 14.2. The molecule has 1 fully saturated rings. The van der Waals surface area contributed by atoms with Crippen LogP contribution in [0.4, 0.5) is 37.0 Å². The summed E-state index contributed by atoms with van der Waals surface area (Å²) in [7, 11) is 0. The van der Waals surface area contributed by atoms with Gasteiger partial charge in [0.25, 0.3) is 0 Å².